The topological polar surface area (TPSA) is 153 Å². The van der Waals surface area contributed by atoms with Crippen molar-refractivity contribution in [3.05, 3.63) is 38.8 Å². The molecule has 0 bridgehead atoms. The number of thiazole rings is 1. The van der Waals surface area contributed by atoms with Crippen molar-refractivity contribution in [3.63, 3.8) is 0 Å². The summed E-state index contributed by atoms with van der Waals surface area (Å²) in [5, 5.41) is 4.73. The Bertz CT molecular complexity index is 1540. The van der Waals surface area contributed by atoms with Crippen molar-refractivity contribution in [3.8, 4) is 5.75 Å². The molecule has 44 heavy (non-hydrogen) atoms. The van der Waals surface area contributed by atoms with E-state index in [4.69, 9.17) is 15.2 Å². The van der Waals surface area contributed by atoms with E-state index in [0.717, 1.165) is 29.7 Å². The average Bonchev–Trinajstić information content (AvgIpc) is 3.44. The number of piperidine rings is 1. The summed E-state index contributed by atoms with van der Waals surface area (Å²) < 4.78 is 43.3. The van der Waals surface area contributed by atoms with Gasteiger partial charge in [0.05, 0.1) is 10.9 Å². The van der Waals surface area contributed by atoms with Crippen molar-refractivity contribution in [1.29, 1.82) is 0 Å². The van der Waals surface area contributed by atoms with E-state index in [9.17, 15) is 18.0 Å². The molecule has 1 aromatic carbocycles. The van der Waals surface area contributed by atoms with E-state index in [0.29, 0.717) is 48.5 Å². The van der Waals surface area contributed by atoms with Gasteiger partial charge < -0.3 is 25.4 Å². The van der Waals surface area contributed by atoms with Gasteiger partial charge in [0.1, 0.15) is 17.0 Å². The van der Waals surface area contributed by atoms with Crippen LogP contribution in [0.1, 0.15) is 92.4 Å². The standard InChI is InChI=1S/C31H45N5O6S2/c1-18-19(2)26(20(3)22-11-12-31(7,8)41-25(18)22)44(39,40)35-28(32)36-14-9-10-21(17-36)16-23(24(37)27-33-13-15-43-27)34-29(38)42-30(4,5)6/h13,15,21,23H,9-12,14,16-17H2,1-8H3,(H2,32,35)(H,34,38)/t21-,23-/m0/s1. The molecule has 1 saturated heterocycles. The number of fused-ring (bicyclic) bond motifs is 1. The Kier molecular flexibility index (Phi) is 9.70. The molecule has 1 fully saturated rings. The van der Waals surface area contributed by atoms with E-state index < -0.39 is 27.8 Å². The molecule has 3 heterocycles. The number of carbonyl (C=O) groups excluding carboxylic acids is 2. The molecule has 3 N–H and O–H groups in total. The number of hydrogen-bond donors (Lipinski definition) is 2. The number of sulfonamides is 1. The number of alkyl carbamates (subject to hydrolysis) is 1. The number of ketones is 1. The predicted molar refractivity (Wildman–Crippen MR) is 171 cm³/mol. The molecule has 4 rings (SSSR count). The maximum absolute atomic E-state index is 13.8. The number of nitrogens with two attached hydrogens (primary N) is 1. The molecule has 11 nitrogen and oxygen atoms in total. The molecule has 0 radical (unpaired) electrons. The maximum Gasteiger partial charge on any atom is 0.408 e. The normalized spacial score (nSPS) is 19.5. The van der Waals surface area contributed by atoms with Gasteiger partial charge in [-0.15, -0.1) is 15.7 Å². The van der Waals surface area contributed by atoms with Gasteiger partial charge in [0, 0.05) is 24.7 Å². The van der Waals surface area contributed by atoms with Gasteiger partial charge in [0.15, 0.2) is 5.01 Å². The number of nitrogens with zero attached hydrogens (tertiary/aromatic N) is 3. The maximum atomic E-state index is 13.8. The SMILES string of the molecule is Cc1c(C)c(S(=O)(=O)N=C(N)N2CCC[C@@H](C[C@H](NC(=O)OC(C)(C)C)C(=O)c3nccs3)C2)c(C)c2c1OC(C)(C)CC2. The average molecular weight is 648 g/mol. The molecule has 0 aliphatic carbocycles. The highest BCUT2D eigenvalue weighted by Crippen LogP contribution is 2.42. The summed E-state index contributed by atoms with van der Waals surface area (Å²) in [7, 11) is -4.14. The van der Waals surface area contributed by atoms with Gasteiger partial charge in [-0.2, -0.15) is 8.42 Å². The summed E-state index contributed by atoms with van der Waals surface area (Å²) in [5.41, 5.74) is 8.25. The molecular formula is C31H45N5O6S2. The molecule has 2 atom stereocenters. The first-order valence-electron chi connectivity index (χ1n) is 15.0. The quantitative estimate of drug-likeness (QED) is 0.239. The van der Waals surface area contributed by atoms with Crippen molar-refractivity contribution < 1.29 is 27.5 Å². The lowest BCUT2D eigenvalue weighted by Gasteiger charge is -2.36. The van der Waals surface area contributed by atoms with Gasteiger partial charge in [-0.05, 0) is 116 Å². The Balaban J connectivity index is 1.55. The third-order valence-electron chi connectivity index (χ3n) is 8.20. The zero-order valence-corrected chi connectivity index (χ0v) is 28.6. The second-order valence-corrected chi connectivity index (χ2v) is 15.8. The lowest BCUT2D eigenvalue weighted by atomic mass is 9.88. The van der Waals surface area contributed by atoms with Crippen LogP contribution < -0.4 is 15.8 Å². The van der Waals surface area contributed by atoms with Crippen LogP contribution in [0.5, 0.6) is 5.75 Å². The summed E-state index contributed by atoms with van der Waals surface area (Å²) in [6.45, 7) is 15.7. The molecule has 0 spiro atoms. The highest BCUT2D eigenvalue weighted by Gasteiger charge is 2.35. The number of hydrogen-bond acceptors (Lipinski definition) is 8. The Hall–Kier alpha value is -3.19. The molecule has 1 amide bonds. The third-order valence-corrected chi connectivity index (χ3v) is 10.5. The van der Waals surface area contributed by atoms with Crippen LogP contribution in [-0.4, -0.2) is 66.5 Å². The summed E-state index contributed by atoms with van der Waals surface area (Å²) in [6.07, 6.45) is 4.14. The van der Waals surface area contributed by atoms with Crippen LogP contribution >= 0.6 is 11.3 Å². The number of rotatable bonds is 7. The monoisotopic (exact) mass is 647 g/mol. The van der Waals surface area contributed by atoms with Crippen molar-refractivity contribution in [2.45, 2.75) is 110 Å². The number of guanidine groups is 1. The predicted octanol–water partition coefficient (Wildman–Crippen LogP) is 5.05. The number of ether oxygens (including phenoxy) is 2. The molecule has 0 unspecified atom stereocenters. The van der Waals surface area contributed by atoms with E-state index in [1.807, 2.05) is 20.8 Å². The van der Waals surface area contributed by atoms with E-state index in [-0.39, 0.29) is 28.2 Å². The molecule has 2 aliphatic heterocycles. The molecule has 13 heteroatoms. The highest BCUT2D eigenvalue weighted by molar-refractivity contribution is 7.90. The van der Waals surface area contributed by atoms with Gasteiger partial charge in [0.25, 0.3) is 10.0 Å². The first-order valence-corrected chi connectivity index (χ1v) is 17.3. The second-order valence-electron chi connectivity index (χ2n) is 13.4. The van der Waals surface area contributed by atoms with Crippen LogP contribution in [0.3, 0.4) is 0 Å². The van der Waals surface area contributed by atoms with Crippen LogP contribution in [0, 0.1) is 26.7 Å². The molecule has 2 aromatic rings. The summed E-state index contributed by atoms with van der Waals surface area (Å²) >= 11 is 1.21. The summed E-state index contributed by atoms with van der Waals surface area (Å²) in [6, 6.07) is -0.862. The van der Waals surface area contributed by atoms with Crippen LogP contribution in [-0.2, 0) is 21.2 Å². The van der Waals surface area contributed by atoms with Crippen LogP contribution in [0.2, 0.25) is 0 Å². The minimum absolute atomic E-state index is 0.0704. The van der Waals surface area contributed by atoms with E-state index in [1.54, 1.807) is 51.1 Å². The number of amides is 1. The second kappa shape index (κ2) is 12.7. The van der Waals surface area contributed by atoms with Gasteiger partial charge in [0.2, 0.25) is 11.7 Å². The third kappa shape index (κ3) is 7.71. The number of carbonyl (C=O) groups is 2. The fourth-order valence-corrected chi connectivity index (χ4v) is 8.07. The zero-order chi connectivity index (χ0) is 32.6. The number of aromatic nitrogens is 1. The first kappa shape index (κ1) is 33.7. The van der Waals surface area contributed by atoms with E-state index in [2.05, 4.69) is 14.7 Å². The minimum Gasteiger partial charge on any atom is -0.487 e. The smallest absolute Gasteiger partial charge is 0.408 e. The minimum atomic E-state index is -4.14. The van der Waals surface area contributed by atoms with Crippen LogP contribution in [0.15, 0.2) is 20.9 Å². The number of benzene rings is 1. The highest BCUT2D eigenvalue weighted by atomic mass is 32.2. The Morgan fingerprint density at radius 2 is 1.95 bits per heavy atom. The van der Waals surface area contributed by atoms with Crippen LogP contribution in [0.4, 0.5) is 4.79 Å². The lowest BCUT2D eigenvalue weighted by molar-refractivity contribution is 0.0479. The number of Topliss-reactive ketones (excluding diaryl/α,β-unsaturated/α-hetero) is 1. The van der Waals surface area contributed by atoms with E-state index >= 15 is 0 Å². The fraction of sp³-hybridized carbons (Fsp3) is 0.613. The van der Waals surface area contributed by atoms with Crippen molar-refractivity contribution in [2.75, 3.05) is 13.1 Å². The first-order chi connectivity index (χ1) is 20.4. The van der Waals surface area contributed by atoms with E-state index in [1.165, 1.54) is 11.3 Å². The Morgan fingerprint density at radius 3 is 2.59 bits per heavy atom. The largest absolute Gasteiger partial charge is 0.487 e. The number of likely N-dealkylation sites (tertiary alicyclic amines) is 1. The van der Waals surface area contributed by atoms with Gasteiger partial charge in [-0.25, -0.2) is 9.78 Å². The Morgan fingerprint density at radius 1 is 1.25 bits per heavy atom. The zero-order valence-electron chi connectivity index (χ0n) is 26.9. The van der Waals surface area contributed by atoms with Crippen molar-refractivity contribution in [1.82, 2.24) is 15.2 Å². The fourth-order valence-electron chi connectivity index (χ4n) is 5.94. The molecule has 1 aromatic heterocycles. The van der Waals surface area contributed by atoms with Gasteiger partial charge in [-0.3, -0.25) is 4.79 Å². The van der Waals surface area contributed by atoms with Crippen LogP contribution in [0.25, 0.3) is 0 Å². The van der Waals surface area contributed by atoms with Crippen molar-refractivity contribution in [2.24, 2.45) is 16.0 Å². The molecule has 242 valence electrons. The number of nitrogens with one attached hydrogen (secondary N) is 1. The molecule has 0 saturated carbocycles. The van der Waals surface area contributed by atoms with Gasteiger partial charge >= 0.3 is 6.09 Å². The summed E-state index contributed by atoms with van der Waals surface area (Å²) in [4.78, 5) is 32.0. The molecular weight excluding hydrogens is 603 g/mol. The van der Waals surface area contributed by atoms with Gasteiger partial charge in [-0.1, -0.05) is 0 Å². The van der Waals surface area contributed by atoms with Crippen molar-refractivity contribution >= 4 is 39.2 Å². The molecule has 2 aliphatic rings. The summed E-state index contributed by atoms with van der Waals surface area (Å²) in [5.74, 6) is 0.296. The Labute approximate surface area is 264 Å². The lowest BCUT2D eigenvalue weighted by Crippen LogP contribution is -2.48.